The number of aryl methyl sites for hydroxylation is 3. The van der Waals surface area contributed by atoms with Crippen LogP contribution in [-0.4, -0.2) is 32.1 Å². The summed E-state index contributed by atoms with van der Waals surface area (Å²) in [5.41, 5.74) is 2.95. The van der Waals surface area contributed by atoms with E-state index < -0.39 is 0 Å². The first-order chi connectivity index (χ1) is 10.5. The molecule has 0 saturated heterocycles. The van der Waals surface area contributed by atoms with Gasteiger partial charge in [-0.15, -0.1) is 0 Å². The molecule has 0 aromatic carbocycles. The van der Waals surface area contributed by atoms with Crippen molar-refractivity contribution in [2.45, 2.75) is 46.1 Å². The predicted molar refractivity (Wildman–Crippen MR) is 85.8 cm³/mol. The Hall–Kier alpha value is -2.31. The Labute approximate surface area is 130 Å². The first-order valence-electron chi connectivity index (χ1n) is 7.59. The molecule has 2 amide bonds. The van der Waals surface area contributed by atoms with Gasteiger partial charge in [0.25, 0.3) is 0 Å². The summed E-state index contributed by atoms with van der Waals surface area (Å²) in [6.45, 7) is 6.01. The highest BCUT2D eigenvalue weighted by Crippen LogP contribution is 2.10. The summed E-state index contributed by atoms with van der Waals surface area (Å²) in [7, 11) is 1.82. The van der Waals surface area contributed by atoms with Crippen LogP contribution in [0, 0.1) is 6.92 Å². The molecule has 22 heavy (non-hydrogen) atoms. The molecule has 2 rings (SSSR count). The second kappa shape index (κ2) is 7.11. The van der Waals surface area contributed by atoms with Gasteiger partial charge in [0.1, 0.15) is 5.82 Å². The van der Waals surface area contributed by atoms with Crippen molar-refractivity contribution >= 4 is 11.8 Å². The van der Waals surface area contributed by atoms with Crippen molar-refractivity contribution in [2.75, 3.05) is 5.32 Å². The van der Waals surface area contributed by atoms with Gasteiger partial charge >= 0.3 is 6.03 Å². The fraction of sp³-hybridized carbons (Fsp3) is 0.533. The molecule has 2 aromatic heterocycles. The molecule has 0 saturated carbocycles. The summed E-state index contributed by atoms with van der Waals surface area (Å²) >= 11 is 0. The van der Waals surface area contributed by atoms with Crippen LogP contribution in [0.3, 0.4) is 0 Å². The van der Waals surface area contributed by atoms with Crippen molar-refractivity contribution in [1.29, 1.82) is 0 Å². The van der Waals surface area contributed by atoms with Gasteiger partial charge in [-0.05, 0) is 26.3 Å². The summed E-state index contributed by atoms with van der Waals surface area (Å²) in [5, 5.41) is 17.2. The van der Waals surface area contributed by atoms with E-state index in [0.717, 1.165) is 29.9 Å². The molecule has 7 heteroatoms. The van der Waals surface area contributed by atoms with E-state index in [1.54, 1.807) is 4.68 Å². The lowest BCUT2D eigenvalue weighted by atomic mass is 10.2. The second-order valence-electron chi connectivity index (χ2n) is 5.64. The lowest BCUT2D eigenvalue weighted by Gasteiger charge is -2.13. The first-order valence-corrected chi connectivity index (χ1v) is 7.59. The Morgan fingerprint density at radius 1 is 1.41 bits per heavy atom. The minimum Gasteiger partial charge on any atom is -0.335 e. The molecule has 0 aliphatic rings. The molecule has 2 aromatic rings. The molecule has 3 N–H and O–H groups in total. The molecule has 0 aliphatic carbocycles. The van der Waals surface area contributed by atoms with E-state index in [1.165, 1.54) is 0 Å². The molecular formula is C15H24N6O. The van der Waals surface area contributed by atoms with Crippen molar-refractivity contribution in [2.24, 2.45) is 7.05 Å². The molecule has 0 aliphatic heterocycles. The number of aromatic amines is 1. The Bertz CT molecular complexity index is 630. The molecule has 1 atom stereocenters. The van der Waals surface area contributed by atoms with Crippen molar-refractivity contribution < 1.29 is 4.79 Å². The molecule has 0 unspecified atom stereocenters. The van der Waals surface area contributed by atoms with E-state index in [2.05, 4.69) is 32.9 Å². The zero-order chi connectivity index (χ0) is 16.1. The summed E-state index contributed by atoms with van der Waals surface area (Å²) < 4.78 is 1.69. The van der Waals surface area contributed by atoms with Crippen molar-refractivity contribution in [3.05, 3.63) is 29.2 Å². The average molecular weight is 304 g/mol. The molecular weight excluding hydrogens is 280 g/mol. The maximum Gasteiger partial charge on any atom is 0.320 e. The minimum absolute atomic E-state index is 0.00830. The average Bonchev–Trinajstić information content (AvgIpc) is 2.96. The lowest BCUT2D eigenvalue weighted by molar-refractivity contribution is 0.249. The van der Waals surface area contributed by atoms with Gasteiger partial charge in [-0.3, -0.25) is 15.1 Å². The second-order valence-corrected chi connectivity index (χ2v) is 5.64. The van der Waals surface area contributed by atoms with E-state index in [9.17, 15) is 4.79 Å². The van der Waals surface area contributed by atoms with Crippen molar-refractivity contribution in [3.8, 4) is 0 Å². The first kappa shape index (κ1) is 16.1. The van der Waals surface area contributed by atoms with Crippen LogP contribution < -0.4 is 10.6 Å². The summed E-state index contributed by atoms with van der Waals surface area (Å²) in [5.74, 6) is 0.698. The SMILES string of the molecule is CCCc1cc(NC(=O)N[C@@H](C)Cc2cc(C)[nH]n2)n(C)n1. The molecule has 7 nitrogen and oxygen atoms in total. The molecule has 0 fully saturated rings. The summed E-state index contributed by atoms with van der Waals surface area (Å²) in [6, 6.07) is 3.65. The third-order valence-electron chi connectivity index (χ3n) is 3.33. The fourth-order valence-corrected chi connectivity index (χ4v) is 2.34. The number of hydrogen-bond donors (Lipinski definition) is 3. The minimum atomic E-state index is -0.231. The van der Waals surface area contributed by atoms with Gasteiger partial charge in [-0.25, -0.2) is 4.79 Å². The van der Waals surface area contributed by atoms with Gasteiger partial charge in [-0.1, -0.05) is 13.3 Å². The molecule has 0 spiro atoms. The highest BCUT2D eigenvalue weighted by atomic mass is 16.2. The van der Waals surface area contributed by atoms with E-state index in [1.807, 2.05) is 33.0 Å². The Morgan fingerprint density at radius 2 is 2.18 bits per heavy atom. The predicted octanol–water partition coefficient (Wildman–Crippen LogP) is 2.16. The monoisotopic (exact) mass is 304 g/mol. The largest absolute Gasteiger partial charge is 0.335 e. The molecule has 2 heterocycles. The van der Waals surface area contributed by atoms with Gasteiger partial charge < -0.3 is 5.32 Å². The number of rotatable bonds is 6. The van der Waals surface area contributed by atoms with Crippen LogP contribution in [0.5, 0.6) is 0 Å². The van der Waals surface area contributed by atoms with Crippen LogP contribution >= 0.6 is 0 Å². The number of amides is 2. The number of carbonyl (C=O) groups excluding carboxylic acids is 1. The number of anilines is 1. The summed E-state index contributed by atoms with van der Waals surface area (Å²) in [4.78, 5) is 12.0. The van der Waals surface area contributed by atoms with Crippen LogP contribution in [0.2, 0.25) is 0 Å². The third kappa shape index (κ3) is 4.34. The number of hydrogen-bond acceptors (Lipinski definition) is 3. The van der Waals surface area contributed by atoms with Gasteiger partial charge in [0.15, 0.2) is 0 Å². The maximum absolute atomic E-state index is 12.0. The third-order valence-corrected chi connectivity index (χ3v) is 3.33. The highest BCUT2D eigenvalue weighted by molar-refractivity contribution is 5.88. The zero-order valence-corrected chi connectivity index (χ0v) is 13.6. The highest BCUT2D eigenvalue weighted by Gasteiger charge is 2.12. The number of aromatic nitrogens is 4. The standard InChI is InChI=1S/C15H24N6O/c1-5-6-12-9-14(21(4)20-12)17-15(22)16-10(2)7-13-8-11(3)18-19-13/h8-10H,5-7H2,1-4H3,(H,18,19)(H2,16,17,22)/t10-/m0/s1. The van der Waals surface area contributed by atoms with Gasteiger partial charge in [0.05, 0.1) is 11.4 Å². The number of urea groups is 1. The topological polar surface area (TPSA) is 87.6 Å². The van der Waals surface area contributed by atoms with E-state index >= 15 is 0 Å². The Morgan fingerprint density at radius 3 is 2.82 bits per heavy atom. The Kier molecular flexibility index (Phi) is 5.19. The molecule has 0 bridgehead atoms. The maximum atomic E-state index is 12.0. The number of carbonyl (C=O) groups is 1. The normalized spacial score (nSPS) is 12.2. The van der Waals surface area contributed by atoms with Crippen LogP contribution in [0.4, 0.5) is 10.6 Å². The lowest BCUT2D eigenvalue weighted by Crippen LogP contribution is -2.37. The van der Waals surface area contributed by atoms with Crippen molar-refractivity contribution in [1.82, 2.24) is 25.3 Å². The molecule has 0 radical (unpaired) electrons. The van der Waals surface area contributed by atoms with Crippen LogP contribution in [0.1, 0.15) is 37.4 Å². The van der Waals surface area contributed by atoms with Crippen molar-refractivity contribution in [3.63, 3.8) is 0 Å². The molecule has 120 valence electrons. The van der Waals surface area contributed by atoms with Crippen LogP contribution in [0.15, 0.2) is 12.1 Å². The summed E-state index contributed by atoms with van der Waals surface area (Å²) in [6.07, 6.45) is 2.62. The smallest absolute Gasteiger partial charge is 0.320 e. The van der Waals surface area contributed by atoms with E-state index in [0.29, 0.717) is 12.2 Å². The Balaban J connectivity index is 1.86. The van der Waals surface area contributed by atoms with E-state index in [-0.39, 0.29) is 12.1 Å². The van der Waals surface area contributed by atoms with Crippen LogP contribution in [-0.2, 0) is 19.9 Å². The number of nitrogens with one attached hydrogen (secondary N) is 3. The van der Waals surface area contributed by atoms with Gasteiger partial charge in [0.2, 0.25) is 0 Å². The van der Waals surface area contributed by atoms with Gasteiger partial charge in [0, 0.05) is 31.3 Å². The quantitative estimate of drug-likeness (QED) is 0.764. The fourth-order valence-electron chi connectivity index (χ4n) is 2.34. The van der Waals surface area contributed by atoms with Gasteiger partial charge in [-0.2, -0.15) is 10.2 Å². The number of H-pyrrole nitrogens is 1. The zero-order valence-electron chi connectivity index (χ0n) is 13.6. The van der Waals surface area contributed by atoms with E-state index in [4.69, 9.17) is 0 Å². The van der Waals surface area contributed by atoms with Crippen LogP contribution in [0.25, 0.3) is 0 Å². The number of nitrogens with zero attached hydrogens (tertiary/aromatic N) is 3.